The Kier molecular flexibility index (Phi) is 9.33. The summed E-state index contributed by atoms with van der Waals surface area (Å²) in [4.78, 5) is 15.2. The van der Waals surface area contributed by atoms with E-state index in [0.717, 1.165) is 6.42 Å². The van der Waals surface area contributed by atoms with Crippen molar-refractivity contribution in [2.75, 3.05) is 33.4 Å². The number of aliphatic imine (C=N–C) groups is 1. The minimum atomic E-state index is -0.122. The van der Waals surface area contributed by atoms with Crippen LogP contribution in [0.5, 0.6) is 0 Å². The summed E-state index contributed by atoms with van der Waals surface area (Å²) < 4.78 is 4.85. The zero-order valence-electron chi connectivity index (χ0n) is 9.88. The monoisotopic (exact) mass is 231 g/mol. The van der Waals surface area contributed by atoms with Gasteiger partial charge < -0.3 is 15.4 Å². The molecular formula is C9H21N5O2. The topological polar surface area (TPSA) is 101 Å². The van der Waals surface area contributed by atoms with Crippen molar-refractivity contribution in [2.24, 2.45) is 10.8 Å². The SMILES string of the molecule is CCCNC(=O)CN=C(NN)NCCOC. The van der Waals surface area contributed by atoms with Crippen LogP contribution in [0.25, 0.3) is 0 Å². The van der Waals surface area contributed by atoms with Gasteiger partial charge in [0.25, 0.3) is 0 Å². The van der Waals surface area contributed by atoms with Gasteiger partial charge in [-0.2, -0.15) is 0 Å². The van der Waals surface area contributed by atoms with E-state index in [1.54, 1.807) is 7.11 Å². The molecule has 94 valence electrons. The van der Waals surface area contributed by atoms with Gasteiger partial charge in [-0.3, -0.25) is 10.2 Å². The highest BCUT2D eigenvalue weighted by Crippen LogP contribution is 1.76. The van der Waals surface area contributed by atoms with Crippen molar-refractivity contribution in [3.8, 4) is 0 Å². The lowest BCUT2D eigenvalue weighted by atomic mass is 10.4. The number of methoxy groups -OCH3 is 1. The molecule has 0 fully saturated rings. The van der Waals surface area contributed by atoms with Crippen LogP contribution in [-0.2, 0) is 9.53 Å². The van der Waals surface area contributed by atoms with E-state index in [9.17, 15) is 4.79 Å². The van der Waals surface area contributed by atoms with Gasteiger partial charge in [-0.15, -0.1) is 0 Å². The van der Waals surface area contributed by atoms with E-state index in [2.05, 4.69) is 21.1 Å². The molecule has 1 amide bonds. The van der Waals surface area contributed by atoms with Crippen molar-refractivity contribution in [2.45, 2.75) is 13.3 Å². The lowest BCUT2D eigenvalue weighted by Gasteiger charge is -2.08. The molecule has 0 atom stereocenters. The molecule has 5 N–H and O–H groups in total. The van der Waals surface area contributed by atoms with Gasteiger partial charge in [-0.05, 0) is 6.42 Å². The van der Waals surface area contributed by atoms with Gasteiger partial charge >= 0.3 is 0 Å². The first-order valence-electron chi connectivity index (χ1n) is 5.25. The summed E-state index contributed by atoms with van der Waals surface area (Å²) in [5.41, 5.74) is 2.38. The summed E-state index contributed by atoms with van der Waals surface area (Å²) in [5, 5.41) is 5.60. The highest BCUT2D eigenvalue weighted by atomic mass is 16.5. The van der Waals surface area contributed by atoms with Crippen LogP contribution in [0.2, 0.25) is 0 Å². The van der Waals surface area contributed by atoms with Gasteiger partial charge in [0.05, 0.1) is 6.61 Å². The zero-order chi connectivity index (χ0) is 12.2. The number of rotatable bonds is 7. The Labute approximate surface area is 95.8 Å². The number of guanidine groups is 1. The lowest BCUT2D eigenvalue weighted by molar-refractivity contribution is -0.119. The van der Waals surface area contributed by atoms with Gasteiger partial charge in [0.2, 0.25) is 11.9 Å². The summed E-state index contributed by atoms with van der Waals surface area (Å²) in [5.74, 6) is 5.48. The van der Waals surface area contributed by atoms with Crippen LogP contribution in [0, 0.1) is 0 Å². The van der Waals surface area contributed by atoms with Crippen LogP contribution in [-0.4, -0.2) is 45.2 Å². The van der Waals surface area contributed by atoms with Crippen LogP contribution in [0.4, 0.5) is 0 Å². The molecular weight excluding hydrogens is 210 g/mol. The molecule has 0 saturated carbocycles. The number of nitrogens with one attached hydrogen (secondary N) is 3. The van der Waals surface area contributed by atoms with E-state index in [1.807, 2.05) is 6.92 Å². The normalized spacial score (nSPS) is 11.1. The highest BCUT2D eigenvalue weighted by molar-refractivity contribution is 5.84. The van der Waals surface area contributed by atoms with Crippen LogP contribution in [0.15, 0.2) is 4.99 Å². The Morgan fingerprint density at radius 3 is 2.69 bits per heavy atom. The van der Waals surface area contributed by atoms with E-state index in [1.165, 1.54) is 0 Å². The highest BCUT2D eigenvalue weighted by Gasteiger charge is 1.99. The van der Waals surface area contributed by atoms with Gasteiger partial charge in [-0.25, -0.2) is 10.8 Å². The van der Waals surface area contributed by atoms with E-state index < -0.39 is 0 Å². The number of carbonyl (C=O) groups excluding carboxylic acids is 1. The molecule has 0 aromatic heterocycles. The van der Waals surface area contributed by atoms with Crippen molar-refractivity contribution >= 4 is 11.9 Å². The number of hydrogen-bond acceptors (Lipinski definition) is 4. The fraction of sp³-hybridized carbons (Fsp3) is 0.778. The second-order valence-electron chi connectivity index (χ2n) is 3.08. The molecule has 0 bridgehead atoms. The van der Waals surface area contributed by atoms with Gasteiger partial charge in [0.15, 0.2) is 0 Å². The average molecular weight is 231 g/mol. The molecule has 7 nitrogen and oxygen atoms in total. The van der Waals surface area contributed by atoms with Crippen molar-refractivity contribution in [3.63, 3.8) is 0 Å². The third kappa shape index (κ3) is 8.01. The molecule has 0 unspecified atom stereocenters. The standard InChI is InChI=1S/C9H21N5O2/c1-3-4-11-8(15)7-13-9(14-10)12-5-6-16-2/h3-7,10H2,1-2H3,(H,11,15)(H2,12,13,14). The molecule has 0 saturated heterocycles. The Bertz CT molecular complexity index is 220. The number of amides is 1. The first-order chi connectivity index (χ1) is 7.74. The summed E-state index contributed by atoms with van der Waals surface area (Å²) in [6.07, 6.45) is 0.906. The van der Waals surface area contributed by atoms with E-state index in [4.69, 9.17) is 10.6 Å². The van der Waals surface area contributed by atoms with E-state index >= 15 is 0 Å². The molecule has 0 aliphatic rings. The van der Waals surface area contributed by atoms with Crippen molar-refractivity contribution in [1.82, 2.24) is 16.1 Å². The number of nitrogens with zero attached hydrogens (tertiary/aromatic N) is 1. The minimum Gasteiger partial charge on any atom is -0.383 e. The summed E-state index contributed by atoms with van der Waals surface area (Å²) >= 11 is 0. The third-order valence-corrected chi connectivity index (χ3v) is 1.69. The molecule has 0 aromatic rings. The van der Waals surface area contributed by atoms with Crippen molar-refractivity contribution < 1.29 is 9.53 Å². The molecule has 0 aliphatic carbocycles. The molecule has 0 aromatic carbocycles. The maximum Gasteiger partial charge on any atom is 0.241 e. The maximum absolute atomic E-state index is 11.2. The zero-order valence-corrected chi connectivity index (χ0v) is 9.88. The van der Waals surface area contributed by atoms with Gasteiger partial charge in [-0.1, -0.05) is 6.92 Å². The van der Waals surface area contributed by atoms with Crippen LogP contribution >= 0.6 is 0 Å². The van der Waals surface area contributed by atoms with Crippen LogP contribution in [0.3, 0.4) is 0 Å². The maximum atomic E-state index is 11.2. The van der Waals surface area contributed by atoms with Crippen molar-refractivity contribution in [3.05, 3.63) is 0 Å². The second-order valence-corrected chi connectivity index (χ2v) is 3.08. The largest absolute Gasteiger partial charge is 0.383 e. The fourth-order valence-electron chi connectivity index (χ4n) is 0.895. The van der Waals surface area contributed by atoms with Gasteiger partial charge in [0, 0.05) is 20.2 Å². The predicted molar refractivity (Wildman–Crippen MR) is 62.8 cm³/mol. The summed E-state index contributed by atoms with van der Waals surface area (Å²) in [7, 11) is 1.60. The molecule has 7 heteroatoms. The van der Waals surface area contributed by atoms with Crippen molar-refractivity contribution in [1.29, 1.82) is 0 Å². The molecule has 0 rings (SSSR count). The first kappa shape index (κ1) is 14.7. The summed E-state index contributed by atoms with van der Waals surface area (Å²) in [6, 6.07) is 0. The minimum absolute atomic E-state index is 0.0551. The molecule has 0 heterocycles. The number of nitrogens with two attached hydrogens (primary N) is 1. The Morgan fingerprint density at radius 1 is 1.38 bits per heavy atom. The Hall–Kier alpha value is -1.34. The molecule has 0 spiro atoms. The van der Waals surface area contributed by atoms with E-state index in [0.29, 0.717) is 25.7 Å². The van der Waals surface area contributed by atoms with Crippen LogP contribution in [0.1, 0.15) is 13.3 Å². The number of hydrazine groups is 1. The molecule has 0 radical (unpaired) electrons. The van der Waals surface area contributed by atoms with Crippen LogP contribution < -0.4 is 21.9 Å². The average Bonchev–Trinajstić information content (AvgIpc) is 2.31. The number of carbonyl (C=O) groups is 1. The summed E-state index contributed by atoms with van der Waals surface area (Å²) in [6.45, 7) is 3.83. The lowest BCUT2D eigenvalue weighted by Crippen LogP contribution is -2.43. The molecule has 16 heavy (non-hydrogen) atoms. The Morgan fingerprint density at radius 2 is 2.12 bits per heavy atom. The number of ether oxygens (including phenoxy) is 1. The predicted octanol–water partition coefficient (Wildman–Crippen LogP) is -1.43. The third-order valence-electron chi connectivity index (χ3n) is 1.69. The van der Waals surface area contributed by atoms with Gasteiger partial charge in [0.1, 0.15) is 6.54 Å². The second kappa shape index (κ2) is 10.2. The Balaban J connectivity index is 3.81. The quantitative estimate of drug-likeness (QED) is 0.141. The van der Waals surface area contributed by atoms with E-state index in [-0.39, 0.29) is 12.5 Å². The molecule has 0 aliphatic heterocycles. The first-order valence-corrected chi connectivity index (χ1v) is 5.25. The fourth-order valence-corrected chi connectivity index (χ4v) is 0.895. The number of hydrogen-bond donors (Lipinski definition) is 4. The smallest absolute Gasteiger partial charge is 0.241 e.